The molecule has 0 amide bonds. The minimum atomic E-state index is -1.14. The van der Waals surface area contributed by atoms with Crippen LogP contribution in [0.25, 0.3) is 10.9 Å². The van der Waals surface area contributed by atoms with Gasteiger partial charge < -0.3 is 15.2 Å². The number of rotatable bonds is 6. The number of hydrogen-bond acceptors (Lipinski definition) is 5. The molecule has 2 aromatic rings. The molecule has 0 fully saturated rings. The highest BCUT2D eigenvalue weighted by atomic mass is 19.2. The Bertz CT molecular complexity index is 765. The summed E-state index contributed by atoms with van der Waals surface area (Å²) in [5.41, 5.74) is -0.0692. The summed E-state index contributed by atoms with van der Waals surface area (Å²) in [6, 6.07) is 2.18. The number of carbonyl (C=O) groups excluding carboxylic acids is 1. The van der Waals surface area contributed by atoms with Crippen LogP contribution in [0.3, 0.4) is 0 Å². The van der Waals surface area contributed by atoms with E-state index in [4.69, 9.17) is 9.84 Å². The molecule has 0 unspecified atom stereocenters. The number of hydrogen-bond donors (Lipinski definition) is 2. The molecule has 2 N–H and O–H groups in total. The van der Waals surface area contributed by atoms with Gasteiger partial charge in [0.1, 0.15) is 11.1 Å². The number of carbonyl (C=O) groups is 2. The molecule has 1 aromatic carbocycles. The van der Waals surface area contributed by atoms with E-state index in [1.165, 1.54) is 6.07 Å². The van der Waals surface area contributed by atoms with Gasteiger partial charge >= 0.3 is 11.9 Å². The number of carboxylic acids is 1. The van der Waals surface area contributed by atoms with E-state index in [0.29, 0.717) is 0 Å². The molecule has 0 aliphatic heterocycles. The largest absolute Gasteiger partial charge is 0.481 e. The van der Waals surface area contributed by atoms with E-state index in [-0.39, 0.29) is 41.7 Å². The fourth-order valence-electron chi connectivity index (χ4n) is 2.06. The number of fused-ring (bicyclic) bond motifs is 1. The zero-order valence-corrected chi connectivity index (χ0v) is 12.2. The van der Waals surface area contributed by atoms with Gasteiger partial charge in [0.15, 0.2) is 11.6 Å². The van der Waals surface area contributed by atoms with Gasteiger partial charge in [-0.15, -0.1) is 0 Å². The van der Waals surface area contributed by atoms with Crippen LogP contribution in [0.4, 0.5) is 14.5 Å². The third kappa shape index (κ3) is 3.53. The molecule has 1 heterocycles. The third-order valence-corrected chi connectivity index (χ3v) is 3.07. The molecule has 0 saturated heterocycles. The maximum atomic E-state index is 13.8. The first-order chi connectivity index (χ1) is 11.0. The summed E-state index contributed by atoms with van der Waals surface area (Å²) in [5.74, 6) is -3.93. The Morgan fingerprint density at radius 3 is 2.74 bits per heavy atom. The van der Waals surface area contributed by atoms with Crippen molar-refractivity contribution in [1.29, 1.82) is 0 Å². The number of carboxylic acid groups (broad SMARTS) is 1. The zero-order chi connectivity index (χ0) is 17.0. The monoisotopic (exact) mass is 324 g/mol. The van der Waals surface area contributed by atoms with Gasteiger partial charge in [-0.05, 0) is 19.1 Å². The summed E-state index contributed by atoms with van der Waals surface area (Å²) in [4.78, 5) is 26.4. The number of nitrogens with zero attached hydrogens (tertiary/aromatic N) is 1. The number of halogens is 2. The van der Waals surface area contributed by atoms with Crippen molar-refractivity contribution in [3.8, 4) is 0 Å². The minimum absolute atomic E-state index is 0.000152. The molecule has 8 heteroatoms. The fraction of sp³-hybridized carbons (Fsp3) is 0.267. The standard InChI is InChI=1S/C15H14F2N2O4/c1-2-23-15(22)9-7-19-14-8(3-4-10(16)12(14)17)13(9)18-6-5-11(20)21/h3-4,7H,2,5-6H2,1H3,(H,18,19)(H,20,21). The lowest BCUT2D eigenvalue weighted by Crippen LogP contribution is -2.14. The van der Waals surface area contributed by atoms with Crippen LogP contribution in [-0.2, 0) is 9.53 Å². The van der Waals surface area contributed by atoms with E-state index in [1.807, 2.05) is 0 Å². The molecule has 6 nitrogen and oxygen atoms in total. The summed E-state index contributed by atoms with van der Waals surface area (Å²) >= 11 is 0. The number of ether oxygens (including phenoxy) is 1. The van der Waals surface area contributed by atoms with Crippen LogP contribution in [0.1, 0.15) is 23.7 Å². The summed E-state index contributed by atoms with van der Waals surface area (Å²) < 4.78 is 32.0. The molecule has 0 aliphatic carbocycles. The maximum absolute atomic E-state index is 13.8. The number of benzene rings is 1. The van der Waals surface area contributed by atoms with Crippen LogP contribution in [0, 0.1) is 11.6 Å². The van der Waals surface area contributed by atoms with Crippen molar-refractivity contribution in [2.75, 3.05) is 18.5 Å². The number of anilines is 1. The van der Waals surface area contributed by atoms with Gasteiger partial charge in [-0.2, -0.15) is 0 Å². The highest BCUT2D eigenvalue weighted by Crippen LogP contribution is 2.29. The number of aliphatic carboxylic acids is 1. The molecular formula is C15H14F2N2O4. The van der Waals surface area contributed by atoms with Gasteiger partial charge in [-0.3, -0.25) is 9.78 Å². The second kappa shape index (κ2) is 6.99. The first kappa shape index (κ1) is 16.6. The lowest BCUT2D eigenvalue weighted by atomic mass is 10.1. The first-order valence-corrected chi connectivity index (χ1v) is 6.85. The van der Waals surface area contributed by atoms with E-state index >= 15 is 0 Å². The zero-order valence-electron chi connectivity index (χ0n) is 12.2. The quantitative estimate of drug-likeness (QED) is 0.794. The van der Waals surface area contributed by atoms with Gasteiger partial charge in [-0.1, -0.05) is 0 Å². The van der Waals surface area contributed by atoms with E-state index in [0.717, 1.165) is 12.3 Å². The Kier molecular flexibility index (Phi) is 5.05. The van der Waals surface area contributed by atoms with E-state index in [9.17, 15) is 18.4 Å². The Labute approximate surface area is 130 Å². The number of aromatic nitrogens is 1. The average Bonchev–Trinajstić information content (AvgIpc) is 2.51. The first-order valence-electron chi connectivity index (χ1n) is 6.85. The summed E-state index contributed by atoms with van der Waals surface area (Å²) in [7, 11) is 0. The second-order valence-electron chi connectivity index (χ2n) is 4.60. The molecule has 122 valence electrons. The van der Waals surface area contributed by atoms with Crippen LogP contribution in [0.15, 0.2) is 18.3 Å². The summed E-state index contributed by atoms with van der Waals surface area (Å²) in [6.45, 7) is 1.75. The van der Waals surface area contributed by atoms with E-state index in [1.54, 1.807) is 6.92 Å². The molecule has 2 rings (SSSR count). The van der Waals surface area contributed by atoms with E-state index < -0.39 is 23.6 Å². The Hall–Kier alpha value is -2.77. The van der Waals surface area contributed by atoms with Gasteiger partial charge in [0, 0.05) is 18.1 Å². The van der Waals surface area contributed by atoms with Crippen molar-refractivity contribution < 1.29 is 28.2 Å². The second-order valence-corrected chi connectivity index (χ2v) is 4.60. The molecule has 0 atom stereocenters. The highest BCUT2D eigenvalue weighted by molar-refractivity contribution is 6.05. The van der Waals surface area contributed by atoms with Crippen molar-refractivity contribution in [2.24, 2.45) is 0 Å². The molecular weight excluding hydrogens is 310 g/mol. The van der Waals surface area contributed by atoms with E-state index in [2.05, 4.69) is 10.3 Å². The van der Waals surface area contributed by atoms with Crippen LogP contribution in [0.2, 0.25) is 0 Å². The average molecular weight is 324 g/mol. The van der Waals surface area contributed by atoms with Crippen molar-refractivity contribution in [3.05, 3.63) is 35.5 Å². The normalized spacial score (nSPS) is 10.6. The SMILES string of the molecule is CCOC(=O)c1cnc2c(F)c(F)ccc2c1NCCC(=O)O. The smallest absolute Gasteiger partial charge is 0.341 e. The van der Waals surface area contributed by atoms with Crippen molar-refractivity contribution in [1.82, 2.24) is 4.98 Å². The molecule has 0 aliphatic rings. The molecule has 0 radical (unpaired) electrons. The molecule has 0 bridgehead atoms. The minimum Gasteiger partial charge on any atom is -0.481 e. The van der Waals surface area contributed by atoms with Crippen LogP contribution < -0.4 is 5.32 Å². The van der Waals surface area contributed by atoms with Crippen LogP contribution in [-0.4, -0.2) is 35.2 Å². The molecule has 0 saturated carbocycles. The van der Waals surface area contributed by atoms with Crippen molar-refractivity contribution >= 4 is 28.5 Å². The van der Waals surface area contributed by atoms with Gasteiger partial charge in [0.2, 0.25) is 0 Å². The Morgan fingerprint density at radius 1 is 1.35 bits per heavy atom. The lowest BCUT2D eigenvalue weighted by molar-refractivity contribution is -0.136. The predicted molar refractivity (Wildman–Crippen MR) is 78.4 cm³/mol. The van der Waals surface area contributed by atoms with Crippen LogP contribution in [0.5, 0.6) is 0 Å². The van der Waals surface area contributed by atoms with Gasteiger partial charge in [0.25, 0.3) is 0 Å². The highest BCUT2D eigenvalue weighted by Gasteiger charge is 2.19. The Morgan fingerprint density at radius 2 is 2.09 bits per heavy atom. The fourth-order valence-corrected chi connectivity index (χ4v) is 2.06. The summed E-state index contributed by atoms with van der Waals surface area (Å²) in [5, 5.41) is 11.6. The lowest BCUT2D eigenvalue weighted by Gasteiger charge is -2.14. The predicted octanol–water partition coefficient (Wildman–Crippen LogP) is 2.58. The van der Waals surface area contributed by atoms with Crippen LogP contribution >= 0.6 is 0 Å². The Balaban J connectivity index is 2.54. The third-order valence-electron chi connectivity index (χ3n) is 3.07. The summed E-state index contributed by atoms with van der Waals surface area (Å²) in [6.07, 6.45) is 0.863. The maximum Gasteiger partial charge on any atom is 0.341 e. The molecule has 1 aromatic heterocycles. The molecule has 23 heavy (non-hydrogen) atoms. The van der Waals surface area contributed by atoms with Gasteiger partial charge in [0.05, 0.1) is 18.7 Å². The van der Waals surface area contributed by atoms with Gasteiger partial charge in [-0.25, -0.2) is 13.6 Å². The number of esters is 1. The van der Waals surface area contributed by atoms with Crippen molar-refractivity contribution in [3.63, 3.8) is 0 Å². The topological polar surface area (TPSA) is 88.5 Å². The number of pyridine rings is 1. The molecule has 0 spiro atoms. The number of nitrogens with one attached hydrogen (secondary N) is 1. The van der Waals surface area contributed by atoms with Crippen molar-refractivity contribution in [2.45, 2.75) is 13.3 Å².